The summed E-state index contributed by atoms with van der Waals surface area (Å²) in [6.07, 6.45) is 5.15. The van der Waals surface area contributed by atoms with Crippen LogP contribution in [0.15, 0.2) is 61.1 Å². The summed E-state index contributed by atoms with van der Waals surface area (Å²) in [5.74, 6) is -0.181. The van der Waals surface area contributed by atoms with Gasteiger partial charge < -0.3 is 5.32 Å². The van der Waals surface area contributed by atoms with Gasteiger partial charge in [0.1, 0.15) is 5.69 Å². The van der Waals surface area contributed by atoms with Gasteiger partial charge in [0.2, 0.25) is 0 Å². The highest BCUT2D eigenvalue weighted by Crippen LogP contribution is 2.13. The van der Waals surface area contributed by atoms with Crippen molar-refractivity contribution < 1.29 is 4.79 Å². The molecule has 0 bridgehead atoms. The zero-order valence-electron chi connectivity index (χ0n) is 10.8. The number of aromatic nitrogens is 2. The molecule has 0 radical (unpaired) electrons. The predicted octanol–water partition coefficient (Wildman–Crippen LogP) is 2.56. The van der Waals surface area contributed by atoms with Gasteiger partial charge in [-0.15, -0.1) is 0 Å². The van der Waals surface area contributed by atoms with Crippen LogP contribution in [0.4, 0.5) is 0 Å². The van der Waals surface area contributed by atoms with Crippen LogP contribution in [-0.4, -0.2) is 15.9 Å². The number of carbonyl (C=O) groups is 1. The van der Waals surface area contributed by atoms with E-state index in [1.54, 1.807) is 24.7 Å². The lowest BCUT2D eigenvalue weighted by atomic mass is 10.1. The minimum Gasteiger partial charge on any atom is -0.347 e. The monoisotopic (exact) mass is 263 g/mol. The molecule has 1 aromatic carbocycles. The van der Waals surface area contributed by atoms with Crippen molar-refractivity contribution >= 4 is 16.7 Å². The van der Waals surface area contributed by atoms with Crippen molar-refractivity contribution in [2.24, 2.45) is 0 Å². The fourth-order valence-electron chi connectivity index (χ4n) is 1.98. The van der Waals surface area contributed by atoms with Crippen molar-refractivity contribution in [3.05, 3.63) is 72.3 Å². The topological polar surface area (TPSA) is 54.9 Å². The highest BCUT2D eigenvalue weighted by molar-refractivity contribution is 5.96. The molecule has 0 aliphatic heterocycles. The Kier molecular flexibility index (Phi) is 3.37. The van der Waals surface area contributed by atoms with Crippen LogP contribution in [0.5, 0.6) is 0 Å². The van der Waals surface area contributed by atoms with Crippen LogP contribution in [0.25, 0.3) is 10.8 Å². The molecule has 0 fully saturated rings. The normalized spacial score (nSPS) is 10.4. The molecule has 0 spiro atoms. The summed E-state index contributed by atoms with van der Waals surface area (Å²) in [6.45, 7) is 0.446. The lowest BCUT2D eigenvalue weighted by Gasteiger charge is -2.05. The molecular formula is C16H13N3O. The van der Waals surface area contributed by atoms with Gasteiger partial charge in [-0.25, -0.2) is 0 Å². The molecule has 0 aliphatic rings. The minimum absolute atomic E-state index is 0.181. The Morgan fingerprint density at radius 2 is 1.90 bits per heavy atom. The Hall–Kier alpha value is -2.75. The quantitative estimate of drug-likeness (QED) is 0.790. The van der Waals surface area contributed by atoms with Crippen LogP contribution in [0, 0.1) is 0 Å². The number of rotatable bonds is 3. The average Bonchev–Trinajstić information content (AvgIpc) is 2.53. The lowest BCUT2D eigenvalue weighted by molar-refractivity contribution is 0.0946. The van der Waals surface area contributed by atoms with Gasteiger partial charge in [0.05, 0.1) is 0 Å². The number of carbonyl (C=O) groups excluding carboxylic acids is 1. The molecule has 98 valence electrons. The number of amides is 1. The largest absolute Gasteiger partial charge is 0.347 e. The molecular weight excluding hydrogens is 250 g/mol. The number of nitrogens with zero attached hydrogens (tertiary/aromatic N) is 2. The van der Waals surface area contributed by atoms with E-state index in [9.17, 15) is 4.79 Å². The standard InChI is InChI=1S/C16H13N3O/c20-16(19-10-12-4-3-7-17-9-12)15-8-13-5-1-2-6-14(13)11-18-15/h1-9,11H,10H2,(H,19,20). The SMILES string of the molecule is O=C(NCc1cccnc1)c1cc2ccccc2cn1. The molecule has 0 saturated heterocycles. The van der Waals surface area contributed by atoms with Gasteiger partial charge in [-0.05, 0) is 23.1 Å². The number of benzene rings is 1. The summed E-state index contributed by atoms with van der Waals surface area (Å²) >= 11 is 0. The number of hydrogen-bond acceptors (Lipinski definition) is 3. The molecule has 1 N–H and O–H groups in total. The smallest absolute Gasteiger partial charge is 0.270 e. The van der Waals surface area contributed by atoms with Crippen molar-refractivity contribution in [2.45, 2.75) is 6.54 Å². The molecule has 3 aromatic rings. The van der Waals surface area contributed by atoms with Gasteiger partial charge in [0, 0.05) is 30.5 Å². The molecule has 0 saturated carbocycles. The predicted molar refractivity (Wildman–Crippen MR) is 77.2 cm³/mol. The fourth-order valence-corrected chi connectivity index (χ4v) is 1.98. The number of hydrogen-bond donors (Lipinski definition) is 1. The zero-order valence-corrected chi connectivity index (χ0v) is 10.8. The lowest BCUT2D eigenvalue weighted by Crippen LogP contribution is -2.23. The van der Waals surface area contributed by atoms with Crippen molar-refractivity contribution in [1.29, 1.82) is 0 Å². The Morgan fingerprint density at radius 1 is 1.05 bits per heavy atom. The Bertz CT molecular complexity index is 741. The van der Waals surface area contributed by atoms with Crippen LogP contribution in [0.3, 0.4) is 0 Å². The van der Waals surface area contributed by atoms with Gasteiger partial charge in [-0.3, -0.25) is 14.8 Å². The second-order valence-electron chi connectivity index (χ2n) is 4.46. The molecule has 0 atom stereocenters. The summed E-state index contributed by atoms with van der Waals surface area (Å²) in [7, 11) is 0. The van der Waals surface area contributed by atoms with Crippen LogP contribution in [0.2, 0.25) is 0 Å². The second kappa shape index (κ2) is 5.48. The summed E-state index contributed by atoms with van der Waals surface area (Å²) in [5.41, 5.74) is 1.38. The summed E-state index contributed by atoms with van der Waals surface area (Å²) in [6, 6.07) is 13.4. The van der Waals surface area contributed by atoms with E-state index in [1.807, 2.05) is 36.4 Å². The molecule has 2 aromatic heterocycles. The maximum Gasteiger partial charge on any atom is 0.270 e. The van der Waals surface area contributed by atoms with E-state index in [-0.39, 0.29) is 5.91 Å². The van der Waals surface area contributed by atoms with Crippen LogP contribution < -0.4 is 5.32 Å². The molecule has 0 aliphatic carbocycles. The third-order valence-electron chi connectivity index (χ3n) is 3.04. The summed E-state index contributed by atoms with van der Waals surface area (Å²) in [4.78, 5) is 20.3. The van der Waals surface area contributed by atoms with Gasteiger partial charge in [0.15, 0.2) is 0 Å². The van der Waals surface area contributed by atoms with E-state index in [1.165, 1.54) is 0 Å². The maximum absolute atomic E-state index is 12.1. The number of fused-ring (bicyclic) bond motifs is 1. The minimum atomic E-state index is -0.181. The third kappa shape index (κ3) is 2.64. The van der Waals surface area contributed by atoms with Crippen LogP contribution in [-0.2, 0) is 6.54 Å². The number of pyridine rings is 2. The first-order chi connectivity index (χ1) is 9.83. The Balaban J connectivity index is 1.75. The van der Waals surface area contributed by atoms with Crippen molar-refractivity contribution in [3.8, 4) is 0 Å². The van der Waals surface area contributed by atoms with Gasteiger partial charge >= 0.3 is 0 Å². The zero-order chi connectivity index (χ0) is 13.8. The first-order valence-corrected chi connectivity index (χ1v) is 6.35. The molecule has 2 heterocycles. The molecule has 4 nitrogen and oxygen atoms in total. The third-order valence-corrected chi connectivity index (χ3v) is 3.04. The molecule has 0 unspecified atom stereocenters. The fraction of sp³-hybridized carbons (Fsp3) is 0.0625. The van der Waals surface area contributed by atoms with E-state index in [4.69, 9.17) is 0 Å². The highest BCUT2D eigenvalue weighted by Gasteiger charge is 2.07. The first kappa shape index (κ1) is 12.3. The van der Waals surface area contributed by atoms with E-state index in [0.29, 0.717) is 12.2 Å². The Labute approximate surface area is 116 Å². The van der Waals surface area contributed by atoms with Crippen molar-refractivity contribution in [1.82, 2.24) is 15.3 Å². The summed E-state index contributed by atoms with van der Waals surface area (Å²) in [5, 5.41) is 4.87. The van der Waals surface area contributed by atoms with Gasteiger partial charge in [0.25, 0.3) is 5.91 Å². The van der Waals surface area contributed by atoms with Crippen LogP contribution >= 0.6 is 0 Å². The highest BCUT2D eigenvalue weighted by atomic mass is 16.1. The Morgan fingerprint density at radius 3 is 2.70 bits per heavy atom. The van der Waals surface area contributed by atoms with Crippen molar-refractivity contribution in [2.75, 3.05) is 0 Å². The summed E-state index contributed by atoms with van der Waals surface area (Å²) < 4.78 is 0. The molecule has 3 rings (SSSR count). The second-order valence-corrected chi connectivity index (χ2v) is 4.46. The van der Waals surface area contributed by atoms with Gasteiger partial charge in [-0.2, -0.15) is 0 Å². The van der Waals surface area contributed by atoms with Gasteiger partial charge in [-0.1, -0.05) is 30.3 Å². The molecule has 4 heteroatoms. The van der Waals surface area contributed by atoms with E-state index < -0.39 is 0 Å². The maximum atomic E-state index is 12.1. The number of nitrogens with one attached hydrogen (secondary N) is 1. The van der Waals surface area contributed by atoms with E-state index in [2.05, 4.69) is 15.3 Å². The van der Waals surface area contributed by atoms with Crippen LogP contribution in [0.1, 0.15) is 16.1 Å². The van der Waals surface area contributed by atoms with E-state index in [0.717, 1.165) is 16.3 Å². The van der Waals surface area contributed by atoms with Crippen molar-refractivity contribution in [3.63, 3.8) is 0 Å². The molecule has 20 heavy (non-hydrogen) atoms. The van der Waals surface area contributed by atoms with E-state index >= 15 is 0 Å². The average molecular weight is 263 g/mol. The first-order valence-electron chi connectivity index (χ1n) is 6.35. The molecule has 1 amide bonds.